The van der Waals surface area contributed by atoms with E-state index >= 15 is 0 Å². The van der Waals surface area contributed by atoms with Crippen molar-refractivity contribution in [1.29, 1.82) is 0 Å². The van der Waals surface area contributed by atoms with Crippen molar-refractivity contribution >= 4 is 16.9 Å². The van der Waals surface area contributed by atoms with Crippen molar-refractivity contribution < 1.29 is 14.3 Å². The summed E-state index contributed by atoms with van der Waals surface area (Å²) in [5.74, 6) is -0.838. The molecule has 5 nitrogen and oxygen atoms in total. The van der Waals surface area contributed by atoms with Crippen molar-refractivity contribution in [2.45, 2.75) is 6.10 Å². The number of aromatic nitrogens is 2. The summed E-state index contributed by atoms with van der Waals surface area (Å²) < 4.78 is 13.5. The number of aromatic amines is 1. The number of nitrogens with one attached hydrogen (secondary N) is 2. The van der Waals surface area contributed by atoms with E-state index in [0.29, 0.717) is 5.56 Å². The smallest absolute Gasteiger partial charge is 0.251 e. The van der Waals surface area contributed by atoms with Gasteiger partial charge in [-0.1, -0.05) is 18.2 Å². The number of fused-ring (bicyclic) bond motifs is 1. The van der Waals surface area contributed by atoms with Crippen LogP contribution >= 0.6 is 0 Å². The molecule has 2 aromatic carbocycles. The standard InChI is InChI=1S/C16H14FN3O2/c17-12-4-2-1-3-11(12)15(21)8-18-16(22)10-5-6-13-14(7-10)20-9-19-13/h1-7,9,15,21H,8H2,(H,18,22)(H,19,20)/t15-/m1/s1. The molecule has 1 atom stereocenters. The summed E-state index contributed by atoms with van der Waals surface area (Å²) in [5, 5.41) is 12.6. The number of amides is 1. The lowest BCUT2D eigenvalue weighted by molar-refractivity contribution is 0.0914. The number of carbonyl (C=O) groups is 1. The van der Waals surface area contributed by atoms with Crippen LogP contribution in [0.5, 0.6) is 0 Å². The predicted molar refractivity (Wildman–Crippen MR) is 79.8 cm³/mol. The lowest BCUT2D eigenvalue weighted by Crippen LogP contribution is -2.28. The third-order valence-corrected chi connectivity index (χ3v) is 3.40. The molecule has 0 saturated heterocycles. The van der Waals surface area contributed by atoms with Crippen LogP contribution in [0.2, 0.25) is 0 Å². The van der Waals surface area contributed by atoms with Gasteiger partial charge in [0.1, 0.15) is 5.82 Å². The number of benzene rings is 2. The molecule has 0 spiro atoms. The van der Waals surface area contributed by atoms with E-state index in [1.165, 1.54) is 12.1 Å². The van der Waals surface area contributed by atoms with E-state index in [1.807, 2.05) is 0 Å². The van der Waals surface area contributed by atoms with E-state index < -0.39 is 11.9 Å². The minimum atomic E-state index is -1.10. The first-order chi connectivity index (χ1) is 10.6. The molecule has 0 saturated carbocycles. The molecule has 3 aromatic rings. The maximum atomic E-state index is 13.5. The number of carbonyl (C=O) groups excluding carboxylic acids is 1. The van der Waals surface area contributed by atoms with Crippen molar-refractivity contribution in [3.63, 3.8) is 0 Å². The van der Waals surface area contributed by atoms with E-state index in [-0.39, 0.29) is 18.0 Å². The van der Waals surface area contributed by atoms with Crippen molar-refractivity contribution in [2.24, 2.45) is 0 Å². The second-order valence-electron chi connectivity index (χ2n) is 4.88. The molecular formula is C16H14FN3O2. The van der Waals surface area contributed by atoms with Crippen LogP contribution in [-0.4, -0.2) is 27.5 Å². The average Bonchev–Trinajstić information content (AvgIpc) is 3.00. The van der Waals surface area contributed by atoms with Crippen molar-refractivity contribution in [3.8, 4) is 0 Å². The highest BCUT2D eigenvalue weighted by Gasteiger charge is 2.14. The summed E-state index contributed by atoms with van der Waals surface area (Å²) >= 11 is 0. The number of nitrogens with zero attached hydrogens (tertiary/aromatic N) is 1. The Kier molecular flexibility index (Phi) is 3.84. The normalized spacial score (nSPS) is 12.3. The summed E-state index contributed by atoms with van der Waals surface area (Å²) in [6.45, 7) is -0.0687. The molecule has 3 N–H and O–H groups in total. The van der Waals surface area contributed by atoms with Gasteiger partial charge in [0.2, 0.25) is 0 Å². The zero-order valence-electron chi connectivity index (χ0n) is 11.6. The number of H-pyrrole nitrogens is 1. The number of hydrogen-bond acceptors (Lipinski definition) is 3. The Bertz CT molecular complexity index is 816. The predicted octanol–water partition coefficient (Wildman–Crippen LogP) is 2.17. The van der Waals surface area contributed by atoms with Gasteiger partial charge in [0.25, 0.3) is 5.91 Å². The fourth-order valence-electron chi connectivity index (χ4n) is 2.22. The molecule has 0 radical (unpaired) electrons. The summed E-state index contributed by atoms with van der Waals surface area (Å²) in [7, 11) is 0. The molecule has 22 heavy (non-hydrogen) atoms. The summed E-state index contributed by atoms with van der Waals surface area (Å²) in [5.41, 5.74) is 2.12. The Labute approximate surface area is 125 Å². The van der Waals surface area contributed by atoms with Crippen molar-refractivity contribution in [1.82, 2.24) is 15.3 Å². The highest BCUT2D eigenvalue weighted by atomic mass is 19.1. The first kappa shape index (κ1) is 14.2. The summed E-state index contributed by atoms with van der Waals surface area (Å²) in [6, 6.07) is 11.0. The third-order valence-electron chi connectivity index (χ3n) is 3.40. The number of hydrogen-bond donors (Lipinski definition) is 3. The van der Waals surface area contributed by atoms with Gasteiger partial charge in [-0.05, 0) is 24.3 Å². The van der Waals surface area contributed by atoms with Gasteiger partial charge in [-0.15, -0.1) is 0 Å². The highest BCUT2D eigenvalue weighted by Crippen LogP contribution is 2.16. The number of rotatable bonds is 4. The lowest BCUT2D eigenvalue weighted by Gasteiger charge is -2.13. The molecule has 0 aliphatic carbocycles. The van der Waals surface area contributed by atoms with Crippen molar-refractivity contribution in [2.75, 3.05) is 6.54 Å². The van der Waals surface area contributed by atoms with E-state index in [2.05, 4.69) is 15.3 Å². The summed E-state index contributed by atoms with van der Waals surface area (Å²) in [4.78, 5) is 19.1. The molecule has 0 aliphatic rings. The topological polar surface area (TPSA) is 78.0 Å². The van der Waals surface area contributed by atoms with Gasteiger partial charge in [-0.25, -0.2) is 9.37 Å². The molecule has 1 amide bonds. The maximum absolute atomic E-state index is 13.5. The largest absolute Gasteiger partial charge is 0.386 e. The Balaban J connectivity index is 1.68. The fourth-order valence-corrected chi connectivity index (χ4v) is 2.22. The lowest BCUT2D eigenvalue weighted by atomic mass is 10.1. The number of imidazole rings is 1. The Morgan fingerprint density at radius 1 is 1.32 bits per heavy atom. The van der Waals surface area contributed by atoms with Crippen LogP contribution in [0.15, 0.2) is 48.8 Å². The van der Waals surface area contributed by atoms with Crippen LogP contribution in [-0.2, 0) is 0 Å². The van der Waals surface area contributed by atoms with E-state index in [1.54, 1.807) is 36.7 Å². The molecule has 1 heterocycles. The van der Waals surface area contributed by atoms with Crippen LogP contribution in [0.1, 0.15) is 22.0 Å². The summed E-state index contributed by atoms with van der Waals surface area (Å²) in [6.07, 6.45) is 0.454. The van der Waals surface area contributed by atoms with Gasteiger partial charge in [0.15, 0.2) is 0 Å². The third kappa shape index (κ3) is 2.82. The average molecular weight is 299 g/mol. The molecule has 112 valence electrons. The number of halogens is 1. The molecule has 0 unspecified atom stereocenters. The molecule has 6 heteroatoms. The van der Waals surface area contributed by atoms with Gasteiger partial charge >= 0.3 is 0 Å². The van der Waals surface area contributed by atoms with Crippen LogP contribution < -0.4 is 5.32 Å². The molecule has 0 fully saturated rings. The molecule has 0 aliphatic heterocycles. The van der Waals surface area contributed by atoms with E-state index in [9.17, 15) is 14.3 Å². The van der Waals surface area contributed by atoms with E-state index in [4.69, 9.17) is 0 Å². The van der Waals surface area contributed by atoms with Crippen molar-refractivity contribution in [3.05, 3.63) is 65.7 Å². The Hall–Kier alpha value is -2.73. The highest BCUT2D eigenvalue weighted by molar-refractivity contribution is 5.97. The van der Waals surface area contributed by atoms with Gasteiger partial charge in [-0.3, -0.25) is 4.79 Å². The maximum Gasteiger partial charge on any atom is 0.251 e. The first-order valence-electron chi connectivity index (χ1n) is 6.79. The van der Waals surface area contributed by atoms with E-state index in [0.717, 1.165) is 11.0 Å². The molecular weight excluding hydrogens is 285 g/mol. The van der Waals surface area contributed by atoms with Crippen LogP contribution in [0.25, 0.3) is 11.0 Å². The zero-order chi connectivity index (χ0) is 15.5. The Morgan fingerprint density at radius 2 is 2.14 bits per heavy atom. The minimum Gasteiger partial charge on any atom is -0.386 e. The zero-order valence-corrected chi connectivity index (χ0v) is 11.6. The van der Waals surface area contributed by atoms with Gasteiger partial charge < -0.3 is 15.4 Å². The molecule has 0 bridgehead atoms. The Morgan fingerprint density at radius 3 is 2.95 bits per heavy atom. The number of aliphatic hydroxyl groups is 1. The minimum absolute atomic E-state index is 0.0687. The monoisotopic (exact) mass is 299 g/mol. The second kappa shape index (κ2) is 5.95. The van der Waals surface area contributed by atoms with Gasteiger partial charge in [0, 0.05) is 17.7 Å². The quantitative estimate of drug-likeness (QED) is 0.691. The number of aliphatic hydroxyl groups excluding tert-OH is 1. The van der Waals surface area contributed by atoms with Gasteiger partial charge in [0.05, 0.1) is 23.5 Å². The first-order valence-corrected chi connectivity index (χ1v) is 6.79. The SMILES string of the molecule is O=C(NC[C@@H](O)c1ccccc1F)c1ccc2nc[nH]c2c1. The van der Waals surface area contributed by atoms with Crippen LogP contribution in [0.4, 0.5) is 4.39 Å². The molecule has 3 rings (SSSR count). The van der Waals surface area contributed by atoms with Crippen LogP contribution in [0.3, 0.4) is 0 Å². The fraction of sp³-hybridized carbons (Fsp3) is 0.125. The van der Waals surface area contributed by atoms with Gasteiger partial charge in [-0.2, -0.15) is 0 Å². The molecule has 1 aromatic heterocycles. The van der Waals surface area contributed by atoms with Crippen LogP contribution in [0, 0.1) is 5.82 Å². The second-order valence-corrected chi connectivity index (χ2v) is 4.88.